The summed E-state index contributed by atoms with van der Waals surface area (Å²) in [4.78, 5) is 13.3. The van der Waals surface area contributed by atoms with Gasteiger partial charge in [0, 0.05) is 17.6 Å². The molecule has 0 amide bonds. The van der Waals surface area contributed by atoms with Crippen LogP contribution in [0, 0.1) is 0 Å². The number of hydrogen-bond donors (Lipinski definition) is 1. The normalized spacial score (nSPS) is 19.7. The lowest BCUT2D eigenvalue weighted by Gasteiger charge is -2.26. The summed E-state index contributed by atoms with van der Waals surface area (Å²) in [5.41, 5.74) is 0.768. The number of halogens is 2. The van der Waals surface area contributed by atoms with Crippen LogP contribution in [0.25, 0.3) is 0 Å². The van der Waals surface area contributed by atoms with Crippen molar-refractivity contribution in [2.24, 2.45) is 0 Å². The standard InChI is InChI=1S/C12H13Cl2NO2/c1-7-3-2-4-15(7)11-9(12(16)17)5-8(13)6-10(11)14/h5-7H,2-4H2,1H3,(H,16,17). The summed E-state index contributed by atoms with van der Waals surface area (Å²) >= 11 is 12.0. The van der Waals surface area contributed by atoms with E-state index in [1.807, 2.05) is 4.90 Å². The van der Waals surface area contributed by atoms with Crippen LogP contribution in [0.2, 0.25) is 10.0 Å². The largest absolute Gasteiger partial charge is 0.478 e. The Bertz CT molecular complexity index is 462. The van der Waals surface area contributed by atoms with E-state index in [1.165, 1.54) is 6.07 Å². The minimum Gasteiger partial charge on any atom is -0.478 e. The molecular formula is C12H13Cl2NO2. The van der Waals surface area contributed by atoms with Gasteiger partial charge in [0.25, 0.3) is 0 Å². The molecule has 1 N–H and O–H groups in total. The van der Waals surface area contributed by atoms with Crippen LogP contribution in [-0.4, -0.2) is 23.7 Å². The monoisotopic (exact) mass is 273 g/mol. The van der Waals surface area contributed by atoms with E-state index in [9.17, 15) is 9.90 Å². The maximum absolute atomic E-state index is 11.2. The van der Waals surface area contributed by atoms with Gasteiger partial charge in [-0.05, 0) is 31.9 Å². The van der Waals surface area contributed by atoms with Crippen molar-refractivity contribution in [1.82, 2.24) is 0 Å². The molecule has 92 valence electrons. The zero-order chi connectivity index (χ0) is 12.6. The van der Waals surface area contributed by atoms with E-state index < -0.39 is 5.97 Å². The van der Waals surface area contributed by atoms with Crippen LogP contribution in [0.5, 0.6) is 0 Å². The zero-order valence-electron chi connectivity index (χ0n) is 9.41. The highest BCUT2D eigenvalue weighted by atomic mass is 35.5. The summed E-state index contributed by atoms with van der Waals surface area (Å²) in [6.07, 6.45) is 2.11. The molecule has 5 heteroatoms. The molecule has 0 radical (unpaired) electrons. The molecule has 0 bridgehead atoms. The quantitative estimate of drug-likeness (QED) is 0.894. The van der Waals surface area contributed by atoms with Gasteiger partial charge in [-0.15, -0.1) is 0 Å². The smallest absolute Gasteiger partial charge is 0.337 e. The molecule has 1 atom stereocenters. The fourth-order valence-electron chi connectivity index (χ4n) is 2.29. The number of hydrogen-bond acceptors (Lipinski definition) is 2. The number of carbonyl (C=O) groups is 1. The summed E-state index contributed by atoms with van der Waals surface area (Å²) in [7, 11) is 0. The number of aromatic carboxylic acids is 1. The predicted molar refractivity (Wildman–Crippen MR) is 69.5 cm³/mol. The van der Waals surface area contributed by atoms with Crippen molar-refractivity contribution < 1.29 is 9.90 Å². The molecule has 1 aromatic carbocycles. The van der Waals surface area contributed by atoms with Gasteiger partial charge in [0.1, 0.15) is 0 Å². The van der Waals surface area contributed by atoms with Crippen LogP contribution in [0.3, 0.4) is 0 Å². The SMILES string of the molecule is CC1CCCN1c1c(Cl)cc(Cl)cc1C(=O)O. The molecule has 1 fully saturated rings. The molecule has 1 aliphatic rings. The molecule has 17 heavy (non-hydrogen) atoms. The summed E-state index contributed by atoms with van der Waals surface area (Å²) < 4.78 is 0. The highest BCUT2D eigenvalue weighted by Crippen LogP contribution is 2.37. The van der Waals surface area contributed by atoms with Gasteiger partial charge in [0.05, 0.1) is 16.3 Å². The Balaban J connectivity index is 2.54. The first-order chi connectivity index (χ1) is 8.00. The molecular weight excluding hydrogens is 261 g/mol. The lowest BCUT2D eigenvalue weighted by molar-refractivity contribution is 0.0697. The molecule has 2 rings (SSSR count). The molecule has 0 spiro atoms. The van der Waals surface area contributed by atoms with Crippen molar-refractivity contribution in [3.63, 3.8) is 0 Å². The molecule has 0 aliphatic carbocycles. The van der Waals surface area contributed by atoms with Gasteiger partial charge in [-0.25, -0.2) is 4.79 Å². The number of nitrogens with zero attached hydrogens (tertiary/aromatic N) is 1. The van der Waals surface area contributed by atoms with Gasteiger partial charge in [-0.2, -0.15) is 0 Å². The number of anilines is 1. The predicted octanol–water partition coefficient (Wildman–Crippen LogP) is 3.68. The molecule has 0 aromatic heterocycles. The van der Waals surface area contributed by atoms with Crippen molar-refractivity contribution in [2.75, 3.05) is 11.4 Å². The van der Waals surface area contributed by atoms with E-state index in [-0.39, 0.29) is 5.56 Å². The second kappa shape index (κ2) is 4.75. The van der Waals surface area contributed by atoms with Gasteiger partial charge in [0.2, 0.25) is 0 Å². The molecule has 1 saturated heterocycles. The number of benzene rings is 1. The van der Waals surface area contributed by atoms with Gasteiger partial charge in [-0.3, -0.25) is 0 Å². The van der Waals surface area contributed by atoms with E-state index >= 15 is 0 Å². The Labute approximate surface area is 110 Å². The van der Waals surface area contributed by atoms with Crippen LogP contribution in [-0.2, 0) is 0 Å². The summed E-state index contributed by atoms with van der Waals surface area (Å²) in [6.45, 7) is 2.91. The van der Waals surface area contributed by atoms with E-state index in [4.69, 9.17) is 23.2 Å². The van der Waals surface area contributed by atoms with Crippen LogP contribution < -0.4 is 4.90 Å². The fourth-order valence-corrected chi connectivity index (χ4v) is 2.89. The maximum atomic E-state index is 11.2. The molecule has 3 nitrogen and oxygen atoms in total. The average Bonchev–Trinajstić information content (AvgIpc) is 2.63. The third-order valence-electron chi connectivity index (χ3n) is 3.10. The minimum absolute atomic E-state index is 0.177. The summed E-state index contributed by atoms with van der Waals surface area (Å²) in [5, 5.41) is 9.97. The third kappa shape index (κ3) is 2.35. The Morgan fingerprint density at radius 3 is 2.71 bits per heavy atom. The second-order valence-electron chi connectivity index (χ2n) is 4.27. The van der Waals surface area contributed by atoms with Gasteiger partial charge in [0.15, 0.2) is 0 Å². The Hall–Kier alpha value is -0.930. The summed E-state index contributed by atoms with van der Waals surface area (Å²) in [6, 6.07) is 3.36. The average molecular weight is 274 g/mol. The summed E-state index contributed by atoms with van der Waals surface area (Å²) in [5.74, 6) is -0.997. The minimum atomic E-state index is -0.997. The van der Waals surface area contributed by atoms with E-state index in [0.717, 1.165) is 19.4 Å². The first kappa shape index (κ1) is 12.5. The lowest BCUT2D eigenvalue weighted by atomic mass is 10.1. The molecule has 1 aromatic rings. The highest BCUT2D eigenvalue weighted by molar-refractivity contribution is 6.37. The Morgan fingerprint density at radius 1 is 1.47 bits per heavy atom. The van der Waals surface area contributed by atoms with Crippen LogP contribution in [0.15, 0.2) is 12.1 Å². The third-order valence-corrected chi connectivity index (χ3v) is 3.61. The van der Waals surface area contributed by atoms with E-state index in [1.54, 1.807) is 6.07 Å². The van der Waals surface area contributed by atoms with E-state index in [0.29, 0.717) is 21.8 Å². The van der Waals surface area contributed by atoms with Crippen molar-refractivity contribution in [1.29, 1.82) is 0 Å². The number of carboxylic acid groups (broad SMARTS) is 1. The molecule has 1 heterocycles. The number of rotatable bonds is 2. The van der Waals surface area contributed by atoms with Gasteiger partial charge >= 0.3 is 5.97 Å². The van der Waals surface area contributed by atoms with Crippen molar-refractivity contribution in [3.05, 3.63) is 27.7 Å². The van der Waals surface area contributed by atoms with Gasteiger partial charge in [-0.1, -0.05) is 23.2 Å². The van der Waals surface area contributed by atoms with Crippen molar-refractivity contribution in [3.8, 4) is 0 Å². The van der Waals surface area contributed by atoms with Crippen LogP contribution in [0.1, 0.15) is 30.1 Å². The van der Waals surface area contributed by atoms with Crippen LogP contribution in [0.4, 0.5) is 5.69 Å². The Kier molecular flexibility index (Phi) is 3.50. The zero-order valence-corrected chi connectivity index (χ0v) is 10.9. The second-order valence-corrected chi connectivity index (χ2v) is 5.12. The lowest BCUT2D eigenvalue weighted by Crippen LogP contribution is -2.28. The van der Waals surface area contributed by atoms with E-state index in [2.05, 4.69) is 6.92 Å². The van der Waals surface area contributed by atoms with Crippen LogP contribution >= 0.6 is 23.2 Å². The Morgan fingerprint density at radius 2 is 2.18 bits per heavy atom. The van der Waals surface area contributed by atoms with Crippen molar-refractivity contribution in [2.45, 2.75) is 25.8 Å². The van der Waals surface area contributed by atoms with Gasteiger partial charge < -0.3 is 10.0 Å². The number of carboxylic acids is 1. The maximum Gasteiger partial charge on any atom is 0.337 e. The topological polar surface area (TPSA) is 40.5 Å². The van der Waals surface area contributed by atoms with Crippen molar-refractivity contribution >= 4 is 34.9 Å². The first-order valence-electron chi connectivity index (χ1n) is 5.49. The molecule has 0 saturated carbocycles. The highest BCUT2D eigenvalue weighted by Gasteiger charge is 2.27. The first-order valence-corrected chi connectivity index (χ1v) is 6.25. The molecule has 1 unspecified atom stereocenters. The fraction of sp³-hybridized carbons (Fsp3) is 0.417. The molecule has 1 aliphatic heterocycles.